The number of aromatic carboxylic acids is 1. The molecule has 0 bridgehead atoms. The van der Waals surface area contributed by atoms with Crippen molar-refractivity contribution in [2.75, 3.05) is 0 Å². The second-order valence-electron chi connectivity index (χ2n) is 2.61. The normalized spacial score (nSPS) is 10.7. The van der Waals surface area contributed by atoms with Crippen molar-refractivity contribution < 1.29 is 18.8 Å². The summed E-state index contributed by atoms with van der Waals surface area (Å²) in [6, 6.07) is 2.17. The summed E-state index contributed by atoms with van der Waals surface area (Å²) >= 11 is 3.05. The van der Waals surface area contributed by atoms with Gasteiger partial charge in [0.25, 0.3) is 0 Å². The highest BCUT2D eigenvalue weighted by Crippen LogP contribution is 2.25. The third-order valence-corrected chi connectivity index (χ3v) is 2.32. The monoisotopic (exact) mass is 259 g/mol. The van der Waals surface area contributed by atoms with E-state index in [2.05, 4.69) is 21.1 Å². The van der Waals surface area contributed by atoms with E-state index < -0.39 is 17.3 Å². The molecule has 72 valence electrons. The first-order valence-electron chi connectivity index (χ1n) is 3.57. The second-order valence-corrected chi connectivity index (χ2v) is 3.36. The van der Waals surface area contributed by atoms with Gasteiger partial charge < -0.3 is 9.63 Å². The van der Waals surface area contributed by atoms with Gasteiger partial charge in [-0.15, -0.1) is 0 Å². The topological polar surface area (TPSA) is 63.3 Å². The van der Waals surface area contributed by atoms with Crippen LogP contribution in [0.15, 0.2) is 21.3 Å². The van der Waals surface area contributed by atoms with Crippen molar-refractivity contribution in [2.45, 2.75) is 0 Å². The highest BCUT2D eigenvalue weighted by molar-refractivity contribution is 9.10. The van der Waals surface area contributed by atoms with Crippen molar-refractivity contribution in [3.63, 3.8) is 0 Å². The molecule has 4 nitrogen and oxygen atoms in total. The molecule has 0 unspecified atom stereocenters. The molecule has 2 aromatic rings. The summed E-state index contributed by atoms with van der Waals surface area (Å²) in [6.07, 6.45) is 0. The van der Waals surface area contributed by atoms with Crippen molar-refractivity contribution in [3.05, 3.63) is 28.1 Å². The standard InChI is InChI=1S/C8H3BrFNO3/c9-7-4-1-3(8(12)13)5(10)2-6(4)14-11-7/h1-2H,(H,12,13). The van der Waals surface area contributed by atoms with E-state index in [0.29, 0.717) is 9.99 Å². The van der Waals surface area contributed by atoms with Gasteiger partial charge in [-0.2, -0.15) is 0 Å². The number of hydrogen-bond acceptors (Lipinski definition) is 3. The first-order chi connectivity index (χ1) is 6.59. The van der Waals surface area contributed by atoms with Gasteiger partial charge in [-0.05, 0) is 22.0 Å². The van der Waals surface area contributed by atoms with Crippen LogP contribution in [0.25, 0.3) is 11.0 Å². The van der Waals surface area contributed by atoms with Gasteiger partial charge in [-0.1, -0.05) is 5.16 Å². The molecule has 0 aliphatic carbocycles. The van der Waals surface area contributed by atoms with Crippen LogP contribution in [0.1, 0.15) is 10.4 Å². The molecule has 1 aromatic carbocycles. The van der Waals surface area contributed by atoms with Crippen LogP contribution in [0.4, 0.5) is 4.39 Å². The second kappa shape index (κ2) is 3.06. The highest BCUT2D eigenvalue weighted by Gasteiger charge is 2.15. The lowest BCUT2D eigenvalue weighted by Gasteiger charge is -1.95. The number of hydrogen-bond donors (Lipinski definition) is 1. The van der Waals surface area contributed by atoms with Crippen LogP contribution in [-0.4, -0.2) is 16.2 Å². The van der Waals surface area contributed by atoms with Crippen molar-refractivity contribution in [1.29, 1.82) is 0 Å². The molecule has 1 heterocycles. The van der Waals surface area contributed by atoms with Gasteiger partial charge in [-0.3, -0.25) is 0 Å². The third-order valence-electron chi connectivity index (χ3n) is 1.75. The Morgan fingerprint density at radius 3 is 2.93 bits per heavy atom. The van der Waals surface area contributed by atoms with Crippen molar-refractivity contribution >= 4 is 32.9 Å². The van der Waals surface area contributed by atoms with E-state index in [1.54, 1.807) is 0 Å². The molecule has 0 aliphatic rings. The van der Waals surface area contributed by atoms with E-state index in [1.807, 2.05) is 0 Å². The maximum absolute atomic E-state index is 13.1. The minimum absolute atomic E-state index is 0.208. The van der Waals surface area contributed by atoms with Crippen molar-refractivity contribution in [3.8, 4) is 0 Å². The van der Waals surface area contributed by atoms with Gasteiger partial charge in [0.05, 0.1) is 10.9 Å². The lowest BCUT2D eigenvalue weighted by molar-refractivity contribution is 0.0692. The maximum atomic E-state index is 13.1. The molecule has 0 amide bonds. The third kappa shape index (κ3) is 1.27. The first kappa shape index (κ1) is 9.14. The lowest BCUT2D eigenvalue weighted by atomic mass is 10.1. The quantitative estimate of drug-likeness (QED) is 0.855. The summed E-state index contributed by atoms with van der Waals surface area (Å²) in [5, 5.41) is 12.6. The Hall–Kier alpha value is -1.43. The van der Waals surface area contributed by atoms with Crippen LogP contribution in [0, 0.1) is 5.82 Å². The molecule has 1 N–H and O–H groups in total. The Bertz CT molecular complexity index is 523. The van der Waals surface area contributed by atoms with E-state index in [0.717, 1.165) is 6.07 Å². The largest absolute Gasteiger partial charge is 0.478 e. The number of carboxylic acids is 1. The van der Waals surface area contributed by atoms with Gasteiger partial charge in [0.15, 0.2) is 10.2 Å². The smallest absolute Gasteiger partial charge is 0.338 e. The number of aromatic nitrogens is 1. The number of halogens is 2. The van der Waals surface area contributed by atoms with Crippen LogP contribution >= 0.6 is 15.9 Å². The summed E-state index contributed by atoms with van der Waals surface area (Å²) in [4.78, 5) is 10.6. The molecule has 0 spiro atoms. The zero-order valence-corrected chi connectivity index (χ0v) is 8.21. The molecule has 0 saturated heterocycles. The first-order valence-corrected chi connectivity index (χ1v) is 4.36. The fourth-order valence-corrected chi connectivity index (χ4v) is 1.48. The number of benzene rings is 1. The molecular formula is C8H3BrFNO3. The predicted octanol–water partition coefficient (Wildman–Crippen LogP) is 2.43. The predicted molar refractivity (Wildman–Crippen MR) is 48.6 cm³/mol. The Labute approximate surface area is 85.4 Å². The Balaban J connectivity index is 2.80. The summed E-state index contributed by atoms with van der Waals surface area (Å²) in [7, 11) is 0. The summed E-state index contributed by atoms with van der Waals surface area (Å²) in [5.74, 6) is -2.16. The van der Waals surface area contributed by atoms with Crippen LogP contribution < -0.4 is 0 Å². The average Bonchev–Trinajstić information content (AvgIpc) is 2.46. The zero-order chi connectivity index (χ0) is 10.3. The van der Waals surface area contributed by atoms with Crippen molar-refractivity contribution in [2.24, 2.45) is 0 Å². The number of carboxylic acid groups (broad SMARTS) is 1. The summed E-state index contributed by atoms with van der Waals surface area (Å²) < 4.78 is 18.2. The number of carbonyl (C=O) groups is 1. The molecule has 14 heavy (non-hydrogen) atoms. The fourth-order valence-electron chi connectivity index (χ4n) is 1.09. The van der Waals surface area contributed by atoms with Gasteiger partial charge in [0.2, 0.25) is 0 Å². The molecule has 2 rings (SSSR count). The minimum Gasteiger partial charge on any atom is -0.478 e. The number of nitrogens with zero attached hydrogens (tertiary/aromatic N) is 1. The SMILES string of the molecule is O=C(O)c1cc2c(Br)noc2cc1F. The van der Waals surface area contributed by atoms with Gasteiger partial charge in [0, 0.05) is 6.07 Å². The Morgan fingerprint density at radius 1 is 1.57 bits per heavy atom. The fraction of sp³-hybridized carbons (Fsp3) is 0. The average molecular weight is 260 g/mol. The van der Waals surface area contributed by atoms with E-state index in [4.69, 9.17) is 9.63 Å². The van der Waals surface area contributed by atoms with Gasteiger partial charge in [-0.25, -0.2) is 9.18 Å². The zero-order valence-electron chi connectivity index (χ0n) is 6.62. The molecule has 0 saturated carbocycles. The summed E-state index contributed by atoms with van der Waals surface area (Å²) in [6.45, 7) is 0. The molecule has 0 radical (unpaired) electrons. The van der Waals surface area contributed by atoms with E-state index >= 15 is 0 Å². The van der Waals surface area contributed by atoms with Gasteiger partial charge >= 0.3 is 5.97 Å². The molecular weight excluding hydrogens is 257 g/mol. The van der Waals surface area contributed by atoms with E-state index in [1.165, 1.54) is 6.07 Å². The summed E-state index contributed by atoms with van der Waals surface area (Å²) in [5.41, 5.74) is -0.194. The van der Waals surface area contributed by atoms with Crippen molar-refractivity contribution in [1.82, 2.24) is 5.16 Å². The van der Waals surface area contributed by atoms with E-state index in [9.17, 15) is 9.18 Å². The Morgan fingerprint density at radius 2 is 2.29 bits per heavy atom. The maximum Gasteiger partial charge on any atom is 0.338 e. The molecule has 0 aliphatic heterocycles. The minimum atomic E-state index is -1.32. The molecule has 0 atom stereocenters. The molecule has 6 heteroatoms. The van der Waals surface area contributed by atoms with Crippen LogP contribution in [0.5, 0.6) is 0 Å². The van der Waals surface area contributed by atoms with Crippen LogP contribution in [-0.2, 0) is 0 Å². The molecule has 1 aromatic heterocycles. The number of fused-ring (bicyclic) bond motifs is 1. The number of rotatable bonds is 1. The van der Waals surface area contributed by atoms with Crippen LogP contribution in [0.3, 0.4) is 0 Å². The van der Waals surface area contributed by atoms with Gasteiger partial charge in [0.1, 0.15) is 5.82 Å². The van der Waals surface area contributed by atoms with E-state index in [-0.39, 0.29) is 5.58 Å². The molecule has 0 fully saturated rings. The van der Waals surface area contributed by atoms with Crippen LogP contribution in [0.2, 0.25) is 0 Å². The highest BCUT2D eigenvalue weighted by atomic mass is 79.9. The lowest BCUT2D eigenvalue weighted by Crippen LogP contribution is -1.99. The Kier molecular flexibility index (Phi) is 1.99.